The Kier molecular flexibility index (Phi) is 6.42. The number of benzene rings is 1. The molecule has 4 rings (SSSR count). The molecule has 1 fully saturated rings. The fourth-order valence-electron chi connectivity index (χ4n) is 3.97. The summed E-state index contributed by atoms with van der Waals surface area (Å²) in [6.45, 7) is 3.48. The van der Waals surface area contributed by atoms with Gasteiger partial charge in [0, 0.05) is 24.0 Å². The van der Waals surface area contributed by atoms with Gasteiger partial charge in [-0.3, -0.25) is 9.59 Å². The molecule has 0 radical (unpaired) electrons. The van der Waals surface area contributed by atoms with Crippen LogP contribution in [0.15, 0.2) is 53.3 Å². The highest BCUT2D eigenvalue weighted by Gasteiger charge is 2.29. The van der Waals surface area contributed by atoms with Gasteiger partial charge in [0.2, 0.25) is 5.91 Å². The Morgan fingerprint density at radius 1 is 1.23 bits per heavy atom. The number of hydrogen-bond donors (Lipinski definition) is 1. The van der Waals surface area contributed by atoms with Crippen LogP contribution in [0.2, 0.25) is 5.02 Å². The maximum absolute atomic E-state index is 13.2. The van der Waals surface area contributed by atoms with E-state index >= 15 is 0 Å². The van der Waals surface area contributed by atoms with E-state index in [9.17, 15) is 9.59 Å². The fraction of sp³-hybridized carbons (Fsp3) is 0.348. The lowest BCUT2D eigenvalue weighted by atomic mass is 9.95. The van der Waals surface area contributed by atoms with Crippen molar-refractivity contribution in [3.63, 3.8) is 0 Å². The van der Waals surface area contributed by atoms with Gasteiger partial charge in [0.25, 0.3) is 5.91 Å². The van der Waals surface area contributed by atoms with Gasteiger partial charge in [-0.2, -0.15) is 5.10 Å². The van der Waals surface area contributed by atoms with Crippen LogP contribution in [0.3, 0.4) is 0 Å². The molecule has 3 aromatic rings. The van der Waals surface area contributed by atoms with E-state index in [1.165, 1.54) is 0 Å². The largest absolute Gasteiger partial charge is 0.467 e. The zero-order valence-corrected chi connectivity index (χ0v) is 18.1. The van der Waals surface area contributed by atoms with Gasteiger partial charge >= 0.3 is 0 Å². The summed E-state index contributed by atoms with van der Waals surface area (Å²) in [6, 6.07) is 11.0. The van der Waals surface area contributed by atoms with E-state index in [2.05, 4.69) is 10.4 Å². The molecule has 0 aliphatic carbocycles. The van der Waals surface area contributed by atoms with Gasteiger partial charge in [0.1, 0.15) is 5.76 Å². The van der Waals surface area contributed by atoms with E-state index in [1.54, 1.807) is 29.3 Å². The van der Waals surface area contributed by atoms with Crippen molar-refractivity contribution < 1.29 is 14.0 Å². The van der Waals surface area contributed by atoms with Gasteiger partial charge in [-0.05, 0) is 49.6 Å². The molecule has 2 aromatic heterocycles. The van der Waals surface area contributed by atoms with Crippen molar-refractivity contribution in [2.75, 3.05) is 13.1 Å². The maximum Gasteiger partial charge on any atom is 0.257 e. The Morgan fingerprint density at radius 3 is 2.71 bits per heavy atom. The Labute approximate surface area is 186 Å². The molecular formula is C23H25ClN4O3. The number of carbonyl (C=O) groups is 2. The number of halogens is 1. The number of amides is 2. The summed E-state index contributed by atoms with van der Waals surface area (Å²) in [5.41, 5.74) is 2.28. The van der Waals surface area contributed by atoms with E-state index < -0.39 is 0 Å². The van der Waals surface area contributed by atoms with Crippen LogP contribution in [0.1, 0.15) is 41.6 Å². The molecule has 2 amide bonds. The lowest BCUT2D eigenvalue weighted by Crippen LogP contribution is -2.43. The van der Waals surface area contributed by atoms with E-state index in [0.29, 0.717) is 49.5 Å². The summed E-state index contributed by atoms with van der Waals surface area (Å²) >= 11 is 6.12. The average Bonchev–Trinajstić information content (AvgIpc) is 3.46. The van der Waals surface area contributed by atoms with Crippen LogP contribution in [0, 0.1) is 5.92 Å². The quantitative estimate of drug-likeness (QED) is 0.631. The molecule has 31 heavy (non-hydrogen) atoms. The summed E-state index contributed by atoms with van der Waals surface area (Å²) in [7, 11) is 0. The SMILES string of the molecule is CCc1c(C(=O)N2CCC(C(=O)NCc3ccco3)CC2)cnn1-c1cccc(Cl)c1. The molecule has 7 nitrogen and oxygen atoms in total. The Hall–Kier alpha value is -3.06. The third-order valence-electron chi connectivity index (χ3n) is 5.66. The first-order valence-electron chi connectivity index (χ1n) is 10.5. The predicted octanol–water partition coefficient (Wildman–Crippen LogP) is 3.85. The number of rotatable bonds is 6. The summed E-state index contributed by atoms with van der Waals surface area (Å²) in [6.07, 6.45) is 5.16. The Bertz CT molecular complexity index is 1050. The first-order chi connectivity index (χ1) is 15.1. The highest BCUT2D eigenvalue weighted by molar-refractivity contribution is 6.30. The smallest absolute Gasteiger partial charge is 0.257 e. The average molecular weight is 441 g/mol. The fourth-order valence-corrected chi connectivity index (χ4v) is 4.15. The molecule has 0 spiro atoms. The molecule has 0 saturated carbocycles. The van der Waals surface area contributed by atoms with E-state index in [-0.39, 0.29) is 17.7 Å². The summed E-state index contributed by atoms with van der Waals surface area (Å²) in [5, 5.41) is 7.98. The van der Waals surface area contributed by atoms with E-state index in [0.717, 1.165) is 17.1 Å². The Morgan fingerprint density at radius 2 is 2.03 bits per heavy atom. The second-order valence-corrected chi connectivity index (χ2v) is 8.05. The summed E-state index contributed by atoms with van der Waals surface area (Å²) in [4.78, 5) is 27.4. The molecule has 0 atom stereocenters. The van der Waals surface area contributed by atoms with Crippen LogP contribution in [0.5, 0.6) is 0 Å². The molecule has 8 heteroatoms. The van der Waals surface area contributed by atoms with Gasteiger partial charge in [-0.1, -0.05) is 24.6 Å². The first kappa shape index (κ1) is 21.2. The van der Waals surface area contributed by atoms with Crippen molar-refractivity contribution in [1.29, 1.82) is 0 Å². The predicted molar refractivity (Wildman–Crippen MR) is 117 cm³/mol. The topological polar surface area (TPSA) is 80.4 Å². The minimum Gasteiger partial charge on any atom is -0.467 e. The van der Waals surface area contributed by atoms with Crippen molar-refractivity contribution in [2.45, 2.75) is 32.7 Å². The highest BCUT2D eigenvalue weighted by Crippen LogP contribution is 2.23. The van der Waals surface area contributed by atoms with Gasteiger partial charge in [-0.15, -0.1) is 0 Å². The van der Waals surface area contributed by atoms with E-state index in [4.69, 9.17) is 16.0 Å². The second-order valence-electron chi connectivity index (χ2n) is 7.61. The molecule has 1 aliphatic heterocycles. The molecule has 0 bridgehead atoms. The van der Waals surface area contributed by atoms with Crippen LogP contribution in [0.4, 0.5) is 0 Å². The summed E-state index contributed by atoms with van der Waals surface area (Å²) < 4.78 is 7.02. The molecule has 1 aliphatic rings. The van der Waals surface area contributed by atoms with Gasteiger partial charge in [0.05, 0.1) is 35.9 Å². The zero-order chi connectivity index (χ0) is 21.8. The van der Waals surface area contributed by atoms with E-state index in [1.807, 2.05) is 36.1 Å². The van der Waals surface area contributed by atoms with Crippen LogP contribution in [-0.2, 0) is 17.8 Å². The molecular weight excluding hydrogens is 416 g/mol. The molecule has 1 saturated heterocycles. The number of nitrogens with zero attached hydrogens (tertiary/aromatic N) is 3. The molecule has 1 aromatic carbocycles. The van der Waals surface area contributed by atoms with Gasteiger partial charge < -0.3 is 14.6 Å². The highest BCUT2D eigenvalue weighted by atomic mass is 35.5. The summed E-state index contributed by atoms with van der Waals surface area (Å²) in [5.74, 6) is 0.592. The number of carbonyl (C=O) groups excluding carboxylic acids is 2. The normalized spacial score (nSPS) is 14.6. The second kappa shape index (κ2) is 9.39. The van der Waals surface area contributed by atoms with Gasteiger partial charge in [0.15, 0.2) is 0 Å². The lowest BCUT2D eigenvalue weighted by Gasteiger charge is -2.31. The lowest BCUT2D eigenvalue weighted by molar-refractivity contribution is -0.126. The number of likely N-dealkylation sites (tertiary alicyclic amines) is 1. The molecule has 0 unspecified atom stereocenters. The number of nitrogens with one attached hydrogen (secondary N) is 1. The zero-order valence-electron chi connectivity index (χ0n) is 17.4. The third kappa shape index (κ3) is 4.66. The first-order valence-corrected chi connectivity index (χ1v) is 10.9. The number of furan rings is 1. The standard InChI is InChI=1S/C23H25ClN4O3/c1-2-21-20(15-26-28(21)18-6-3-5-17(24)13-18)23(30)27-10-8-16(9-11-27)22(29)25-14-19-7-4-12-31-19/h3-7,12-13,15-16H,2,8-11,14H2,1H3,(H,25,29). The van der Waals surface area contributed by atoms with Crippen molar-refractivity contribution in [2.24, 2.45) is 5.92 Å². The van der Waals surface area contributed by atoms with Crippen LogP contribution >= 0.6 is 11.6 Å². The Balaban J connectivity index is 1.39. The van der Waals surface area contributed by atoms with Crippen LogP contribution in [-0.4, -0.2) is 39.6 Å². The molecule has 3 heterocycles. The molecule has 1 N–H and O–H groups in total. The van der Waals surface area contributed by atoms with Crippen LogP contribution < -0.4 is 5.32 Å². The van der Waals surface area contributed by atoms with Crippen molar-refractivity contribution >= 4 is 23.4 Å². The minimum atomic E-state index is -0.0983. The number of hydrogen-bond acceptors (Lipinski definition) is 4. The monoisotopic (exact) mass is 440 g/mol. The van der Waals surface area contributed by atoms with Crippen LogP contribution in [0.25, 0.3) is 5.69 Å². The number of aromatic nitrogens is 2. The number of piperidine rings is 1. The van der Waals surface area contributed by atoms with Crippen molar-refractivity contribution in [1.82, 2.24) is 20.0 Å². The molecule has 162 valence electrons. The van der Waals surface area contributed by atoms with Crippen molar-refractivity contribution in [3.05, 3.63) is 70.9 Å². The maximum atomic E-state index is 13.2. The van der Waals surface area contributed by atoms with Gasteiger partial charge in [-0.25, -0.2) is 4.68 Å². The third-order valence-corrected chi connectivity index (χ3v) is 5.89. The van der Waals surface area contributed by atoms with Crippen molar-refractivity contribution in [3.8, 4) is 5.69 Å². The minimum absolute atomic E-state index is 0.00604.